The minimum Gasteiger partial charge on any atom is -0.495 e. The van der Waals surface area contributed by atoms with Crippen LogP contribution in [0.25, 0.3) is 0 Å². The standard InChI is InChI=1S/C16H20N2O3/c1-21-15-7-6-12(10-13(15)4-3-9-19)11-18-8-2-5-14(18)16(17)20/h6-7,10,14,19H,2,5,8-9,11H2,1H3,(H2,17,20). The van der Waals surface area contributed by atoms with Crippen molar-refractivity contribution >= 4 is 5.91 Å². The van der Waals surface area contributed by atoms with Crippen molar-refractivity contribution in [3.05, 3.63) is 29.3 Å². The van der Waals surface area contributed by atoms with Gasteiger partial charge in [0.25, 0.3) is 0 Å². The molecule has 1 atom stereocenters. The molecule has 1 aliphatic rings. The number of ether oxygens (including phenoxy) is 1. The van der Waals surface area contributed by atoms with Gasteiger partial charge in [0.15, 0.2) is 0 Å². The van der Waals surface area contributed by atoms with E-state index < -0.39 is 0 Å². The number of hydrogen-bond acceptors (Lipinski definition) is 4. The van der Waals surface area contributed by atoms with E-state index in [1.165, 1.54) is 0 Å². The minimum atomic E-state index is -0.263. The summed E-state index contributed by atoms with van der Waals surface area (Å²) in [4.78, 5) is 13.5. The largest absolute Gasteiger partial charge is 0.495 e. The van der Waals surface area contributed by atoms with Crippen LogP contribution in [0, 0.1) is 11.8 Å². The summed E-state index contributed by atoms with van der Waals surface area (Å²) in [5.41, 5.74) is 7.21. The average Bonchev–Trinajstić information content (AvgIpc) is 2.93. The maximum absolute atomic E-state index is 11.4. The van der Waals surface area contributed by atoms with E-state index in [0.717, 1.165) is 30.5 Å². The Morgan fingerprint density at radius 3 is 3.05 bits per heavy atom. The molecule has 0 aliphatic carbocycles. The fourth-order valence-corrected chi connectivity index (χ4v) is 2.66. The molecule has 21 heavy (non-hydrogen) atoms. The summed E-state index contributed by atoms with van der Waals surface area (Å²) >= 11 is 0. The number of carbonyl (C=O) groups excluding carboxylic acids is 1. The number of nitrogens with zero attached hydrogens (tertiary/aromatic N) is 1. The van der Waals surface area contributed by atoms with Crippen LogP contribution < -0.4 is 10.5 Å². The molecule has 112 valence electrons. The Morgan fingerprint density at radius 1 is 1.57 bits per heavy atom. The Hall–Kier alpha value is -2.03. The molecule has 5 nitrogen and oxygen atoms in total. The predicted octanol–water partition coefficient (Wildman–Crippen LogP) is 0.489. The molecule has 1 amide bonds. The van der Waals surface area contributed by atoms with Gasteiger partial charge >= 0.3 is 0 Å². The Bertz CT molecular complexity index is 575. The molecular formula is C16H20N2O3. The molecule has 5 heteroatoms. The van der Waals surface area contributed by atoms with Gasteiger partial charge in [0, 0.05) is 6.54 Å². The van der Waals surface area contributed by atoms with Crippen molar-refractivity contribution in [2.45, 2.75) is 25.4 Å². The third-order valence-corrected chi connectivity index (χ3v) is 3.64. The van der Waals surface area contributed by atoms with Gasteiger partial charge in [-0.25, -0.2) is 0 Å². The lowest BCUT2D eigenvalue weighted by Crippen LogP contribution is -2.39. The van der Waals surface area contributed by atoms with Crippen molar-refractivity contribution in [3.8, 4) is 17.6 Å². The monoisotopic (exact) mass is 288 g/mol. The SMILES string of the molecule is COc1ccc(CN2CCCC2C(N)=O)cc1C#CCO. The summed E-state index contributed by atoms with van der Waals surface area (Å²) in [6.07, 6.45) is 1.81. The Balaban J connectivity index is 2.18. The zero-order chi connectivity index (χ0) is 15.2. The lowest BCUT2D eigenvalue weighted by molar-refractivity contribution is -0.122. The second kappa shape index (κ2) is 7.11. The summed E-state index contributed by atoms with van der Waals surface area (Å²) < 4.78 is 5.25. The van der Waals surface area contributed by atoms with Gasteiger partial charge in [-0.15, -0.1) is 0 Å². The van der Waals surface area contributed by atoms with Crippen LogP contribution in [0.3, 0.4) is 0 Å². The highest BCUT2D eigenvalue weighted by molar-refractivity contribution is 5.80. The number of rotatable bonds is 4. The summed E-state index contributed by atoms with van der Waals surface area (Å²) in [5, 5.41) is 8.81. The van der Waals surface area contributed by atoms with E-state index >= 15 is 0 Å². The van der Waals surface area contributed by atoms with Crippen molar-refractivity contribution < 1.29 is 14.6 Å². The van der Waals surface area contributed by atoms with Gasteiger partial charge in [0.2, 0.25) is 5.91 Å². The average molecular weight is 288 g/mol. The van der Waals surface area contributed by atoms with Gasteiger partial charge in [-0.1, -0.05) is 17.9 Å². The third-order valence-electron chi connectivity index (χ3n) is 3.64. The van der Waals surface area contributed by atoms with Gasteiger partial charge < -0.3 is 15.6 Å². The first kappa shape index (κ1) is 15.4. The fourth-order valence-electron chi connectivity index (χ4n) is 2.66. The molecule has 3 N–H and O–H groups in total. The lowest BCUT2D eigenvalue weighted by Gasteiger charge is -2.22. The van der Waals surface area contributed by atoms with Crippen LogP contribution in [-0.4, -0.2) is 42.2 Å². The molecule has 1 saturated heterocycles. The molecule has 1 aliphatic heterocycles. The number of nitrogens with two attached hydrogens (primary N) is 1. The quantitative estimate of drug-likeness (QED) is 0.791. The van der Waals surface area contributed by atoms with Crippen LogP contribution in [0.4, 0.5) is 0 Å². The van der Waals surface area contributed by atoms with Crippen LogP contribution in [0.1, 0.15) is 24.0 Å². The summed E-state index contributed by atoms with van der Waals surface area (Å²) in [7, 11) is 1.59. The van der Waals surface area contributed by atoms with Crippen LogP contribution in [0.2, 0.25) is 0 Å². The van der Waals surface area contributed by atoms with Crippen molar-refractivity contribution in [2.24, 2.45) is 5.73 Å². The Kier molecular flexibility index (Phi) is 5.20. The number of aliphatic hydroxyl groups excluding tert-OH is 1. The molecule has 1 aromatic rings. The molecule has 2 rings (SSSR count). The molecular weight excluding hydrogens is 268 g/mol. The first-order chi connectivity index (χ1) is 10.2. The van der Waals surface area contributed by atoms with Gasteiger partial charge in [0.1, 0.15) is 12.4 Å². The molecule has 0 bridgehead atoms. The Morgan fingerprint density at radius 2 is 2.38 bits per heavy atom. The number of aliphatic hydroxyl groups is 1. The van der Waals surface area contributed by atoms with E-state index in [0.29, 0.717) is 12.3 Å². The highest BCUT2D eigenvalue weighted by Crippen LogP contribution is 2.23. The normalized spacial score (nSPS) is 18.1. The van der Waals surface area contributed by atoms with Gasteiger partial charge in [-0.3, -0.25) is 9.69 Å². The minimum absolute atomic E-state index is 0.181. The van der Waals surface area contributed by atoms with E-state index in [1.807, 2.05) is 18.2 Å². The maximum atomic E-state index is 11.4. The molecule has 1 fully saturated rings. The number of benzene rings is 1. The highest BCUT2D eigenvalue weighted by Gasteiger charge is 2.28. The van der Waals surface area contributed by atoms with E-state index in [9.17, 15) is 4.79 Å². The first-order valence-electron chi connectivity index (χ1n) is 6.95. The van der Waals surface area contributed by atoms with Crippen LogP contribution in [0.5, 0.6) is 5.75 Å². The molecule has 1 unspecified atom stereocenters. The lowest BCUT2D eigenvalue weighted by atomic mass is 10.1. The zero-order valence-electron chi connectivity index (χ0n) is 12.1. The number of primary amides is 1. The second-order valence-electron chi connectivity index (χ2n) is 5.03. The Labute approximate surface area is 124 Å². The molecule has 0 spiro atoms. The summed E-state index contributed by atoms with van der Waals surface area (Å²) in [6, 6.07) is 5.56. The number of methoxy groups -OCH3 is 1. The van der Waals surface area contributed by atoms with Crippen molar-refractivity contribution in [2.75, 3.05) is 20.3 Å². The third kappa shape index (κ3) is 3.75. The highest BCUT2D eigenvalue weighted by atomic mass is 16.5. The van der Waals surface area contributed by atoms with Gasteiger partial charge in [0.05, 0.1) is 18.7 Å². The topological polar surface area (TPSA) is 75.8 Å². The molecule has 0 saturated carbocycles. The summed E-state index contributed by atoms with van der Waals surface area (Å²) in [6.45, 7) is 1.34. The predicted molar refractivity (Wildman–Crippen MR) is 79.6 cm³/mol. The van der Waals surface area contributed by atoms with Crippen molar-refractivity contribution in [3.63, 3.8) is 0 Å². The second-order valence-corrected chi connectivity index (χ2v) is 5.03. The maximum Gasteiger partial charge on any atom is 0.234 e. The zero-order valence-corrected chi connectivity index (χ0v) is 12.1. The molecule has 1 heterocycles. The van der Waals surface area contributed by atoms with Gasteiger partial charge in [-0.2, -0.15) is 0 Å². The number of likely N-dealkylation sites (tertiary alicyclic amines) is 1. The van der Waals surface area contributed by atoms with Crippen molar-refractivity contribution in [1.82, 2.24) is 4.90 Å². The van der Waals surface area contributed by atoms with Crippen LogP contribution in [-0.2, 0) is 11.3 Å². The molecule has 1 aromatic carbocycles. The molecule has 0 aromatic heterocycles. The smallest absolute Gasteiger partial charge is 0.234 e. The number of hydrogen-bond donors (Lipinski definition) is 2. The first-order valence-corrected chi connectivity index (χ1v) is 6.95. The van der Waals surface area contributed by atoms with Crippen LogP contribution in [0.15, 0.2) is 18.2 Å². The van der Waals surface area contributed by atoms with Gasteiger partial charge in [-0.05, 0) is 37.1 Å². The summed E-state index contributed by atoms with van der Waals surface area (Å²) in [5.74, 6) is 5.91. The van der Waals surface area contributed by atoms with Crippen LogP contribution >= 0.6 is 0 Å². The fraction of sp³-hybridized carbons (Fsp3) is 0.438. The van der Waals surface area contributed by atoms with E-state index in [-0.39, 0.29) is 18.6 Å². The number of amides is 1. The molecule has 0 radical (unpaired) electrons. The van der Waals surface area contributed by atoms with E-state index in [4.69, 9.17) is 15.6 Å². The number of carbonyl (C=O) groups is 1. The van der Waals surface area contributed by atoms with Crippen molar-refractivity contribution in [1.29, 1.82) is 0 Å². The van der Waals surface area contributed by atoms with E-state index in [2.05, 4.69) is 16.7 Å². The van der Waals surface area contributed by atoms with E-state index in [1.54, 1.807) is 7.11 Å².